The summed E-state index contributed by atoms with van der Waals surface area (Å²) in [5.74, 6) is 3.63. The van der Waals surface area contributed by atoms with Crippen molar-refractivity contribution in [3.8, 4) is 22.8 Å². The Bertz CT molecular complexity index is 1280. The highest BCUT2D eigenvalue weighted by atomic mass is 35.5. The highest BCUT2D eigenvalue weighted by molar-refractivity contribution is 6.31. The molecule has 164 valence electrons. The maximum Gasteiger partial charge on any atom is 0.181 e. The summed E-state index contributed by atoms with van der Waals surface area (Å²) in [5.41, 5.74) is 3.27. The van der Waals surface area contributed by atoms with E-state index in [-0.39, 0.29) is 0 Å². The van der Waals surface area contributed by atoms with E-state index in [1.165, 1.54) is 25.7 Å². The van der Waals surface area contributed by atoms with E-state index in [0.717, 1.165) is 34.1 Å². The molecule has 0 spiro atoms. The fraction of sp³-hybridized carbons (Fsp3) is 0.417. The topological polar surface area (TPSA) is 84.3 Å². The van der Waals surface area contributed by atoms with E-state index in [9.17, 15) is 0 Å². The molecule has 4 aromatic rings. The number of H-pyrrole nitrogens is 1. The van der Waals surface area contributed by atoms with Gasteiger partial charge in [0.2, 0.25) is 0 Å². The van der Waals surface area contributed by atoms with Crippen LogP contribution >= 0.6 is 11.6 Å². The van der Waals surface area contributed by atoms with Gasteiger partial charge in [0.15, 0.2) is 11.5 Å². The molecule has 3 saturated carbocycles. The number of aromatic nitrogens is 6. The Labute approximate surface area is 191 Å². The summed E-state index contributed by atoms with van der Waals surface area (Å²) in [7, 11) is 2.02. The number of hydrogen-bond donors (Lipinski definition) is 2. The molecule has 3 aliphatic rings. The molecule has 0 amide bonds. The lowest BCUT2D eigenvalue weighted by Gasteiger charge is -2.47. The summed E-state index contributed by atoms with van der Waals surface area (Å²) < 4.78 is 2.03. The third-order valence-corrected chi connectivity index (χ3v) is 7.61. The van der Waals surface area contributed by atoms with Crippen LogP contribution in [0.1, 0.15) is 32.6 Å². The lowest BCUT2D eigenvalue weighted by atomic mass is 9.62. The lowest BCUT2D eigenvalue weighted by Crippen LogP contribution is -2.47. The van der Waals surface area contributed by atoms with Crippen LogP contribution in [0, 0.1) is 17.8 Å². The fourth-order valence-electron chi connectivity index (χ4n) is 5.65. The van der Waals surface area contributed by atoms with Crippen LogP contribution in [0.4, 0.5) is 5.82 Å². The second-order valence-corrected chi connectivity index (χ2v) is 9.79. The van der Waals surface area contributed by atoms with Crippen LogP contribution < -0.4 is 5.32 Å². The third-order valence-electron chi connectivity index (χ3n) is 7.40. The van der Waals surface area contributed by atoms with E-state index in [4.69, 9.17) is 21.6 Å². The second-order valence-electron chi connectivity index (χ2n) is 9.36. The average molecular weight is 448 g/mol. The summed E-state index contributed by atoms with van der Waals surface area (Å²) in [4.78, 5) is 14.1. The molecule has 8 heteroatoms. The van der Waals surface area contributed by atoms with E-state index in [0.29, 0.717) is 34.4 Å². The molecule has 2 atom stereocenters. The first-order valence-corrected chi connectivity index (χ1v) is 11.7. The van der Waals surface area contributed by atoms with Gasteiger partial charge in [0.25, 0.3) is 0 Å². The quantitative estimate of drug-likeness (QED) is 0.442. The van der Waals surface area contributed by atoms with Crippen LogP contribution in [-0.4, -0.2) is 35.8 Å². The van der Waals surface area contributed by atoms with Crippen molar-refractivity contribution in [3.05, 3.63) is 41.8 Å². The Hall–Kier alpha value is -2.93. The minimum Gasteiger partial charge on any atom is -0.367 e. The minimum atomic E-state index is 0.448. The number of halogens is 1. The maximum absolute atomic E-state index is 6.22. The number of nitrogens with zero attached hydrogens (tertiary/aromatic N) is 5. The van der Waals surface area contributed by atoms with Crippen LogP contribution in [0.5, 0.6) is 0 Å². The van der Waals surface area contributed by atoms with Gasteiger partial charge in [-0.05, 0) is 55.6 Å². The minimum absolute atomic E-state index is 0.448. The molecule has 0 radical (unpaired) electrons. The Kier molecular flexibility index (Phi) is 4.68. The number of hydrogen-bond acceptors (Lipinski definition) is 5. The van der Waals surface area contributed by atoms with Gasteiger partial charge in [-0.2, -0.15) is 5.10 Å². The molecule has 0 aliphatic heterocycles. The standard InChI is InChI=1S/C24H26ClN7/c1-13-14-3-5-15(6-4-14)21(13)28-20-10-19(16-7-8-32(2)12-16)27-24(29-20)22-18-9-17(25)11-26-23(18)31-30-22/h7-15,21H,3-6H2,1-2H3,(H,26,30,31)(H,27,28,29). The molecule has 3 aliphatic carbocycles. The Morgan fingerprint density at radius 2 is 1.94 bits per heavy atom. The largest absolute Gasteiger partial charge is 0.367 e. The van der Waals surface area contributed by atoms with Crippen molar-refractivity contribution in [2.45, 2.75) is 38.6 Å². The number of anilines is 1. The molecule has 3 fully saturated rings. The maximum atomic E-state index is 6.22. The predicted molar refractivity (Wildman–Crippen MR) is 126 cm³/mol. The molecule has 2 bridgehead atoms. The predicted octanol–water partition coefficient (Wildman–Crippen LogP) is 5.31. The summed E-state index contributed by atoms with van der Waals surface area (Å²) in [5, 5.41) is 12.6. The van der Waals surface area contributed by atoms with Crippen molar-refractivity contribution in [1.82, 2.24) is 29.7 Å². The van der Waals surface area contributed by atoms with Crippen molar-refractivity contribution >= 4 is 28.5 Å². The van der Waals surface area contributed by atoms with Gasteiger partial charge >= 0.3 is 0 Å². The molecule has 2 unspecified atom stereocenters. The van der Waals surface area contributed by atoms with Gasteiger partial charge in [-0.3, -0.25) is 5.10 Å². The normalized spacial score (nSPS) is 24.8. The zero-order valence-corrected chi connectivity index (χ0v) is 19.0. The van der Waals surface area contributed by atoms with Crippen molar-refractivity contribution in [2.75, 3.05) is 5.32 Å². The van der Waals surface area contributed by atoms with E-state index in [1.54, 1.807) is 6.20 Å². The van der Waals surface area contributed by atoms with Crippen LogP contribution in [0.15, 0.2) is 36.8 Å². The first kappa shape index (κ1) is 19.7. The van der Waals surface area contributed by atoms with Gasteiger partial charge in [0, 0.05) is 43.3 Å². The third kappa shape index (κ3) is 3.35. The van der Waals surface area contributed by atoms with Crippen molar-refractivity contribution in [1.29, 1.82) is 0 Å². The molecule has 0 saturated heterocycles. The molecule has 4 aromatic heterocycles. The highest BCUT2D eigenvalue weighted by Gasteiger charge is 2.41. The van der Waals surface area contributed by atoms with Gasteiger partial charge in [-0.15, -0.1) is 0 Å². The first-order chi connectivity index (χ1) is 15.5. The second kappa shape index (κ2) is 7.59. The zero-order chi connectivity index (χ0) is 21.8. The summed E-state index contributed by atoms with van der Waals surface area (Å²) >= 11 is 6.22. The van der Waals surface area contributed by atoms with Crippen molar-refractivity contribution in [2.24, 2.45) is 24.8 Å². The summed E-state index contributed by atoms with van der Waals surface area (Å²) in [6, 6.07) is 6.45. The van der Waals surface area contributed by atoms with Gasteiger partial charge in [0.05, 0.1) is 16.1 Å². The van der Waals surface area contributed by atoms with Crippen LogP contribution in [0.25, 0.3) is 33.8 Å². The molecule has 4 heterocycles. The average Bonchev–Trinajstić information content (AvgIpc) is 3.42. The Balaban J connectivity index is 1.45. The van der Waals surface area contributed by atoms with E-state index in [1.807, 2.05) is 23.9 Å². The Morgan fingerprint density at radius 1 is 1.12 bits per heavy atom. The Morgan fingerprint density at radius 3 is 2.69 bits per heavy atom. The number of aromatic amines is 1. The van der Waals surface area contributed by atoms with Crippen LogP contribution in [0.3, 0.4) is 0 Å². The molecular formula is C24H26ClN7. The van der Waals surface area contributed by atoms with Crippen molar-refractivity contribution < 1.29 is 0 Å². The lowest BCUT2D eigenvalue weighted by molar-refractivity contribution is 0.0928. The van der Waals surface area contributed by atoms with Crippen LogP contribution in [0.2, 0.25) is 5.02 Å². The molecule has 0 aromatic carbocycles. The SMILES string of the molecule is CC1C2CCC(CC2)C1Nc1cc(-c2ccn(C)c2)nc(-c2[nH]nc3ncc(Cl)cc23)n1. The van der Waals surface area contributed by atoms with Crippen LogP contribution in [-0.2, 0) is 7.05 Å². The van der Waals surface area contributed by atoms with Gasteiger partial charge in [-0.1, -0.05) is 18.5 Å². The number of rotatable bonds is 4. The van der Waals surface area contributed by atoms with E-state index in [2.05, 4.69) is 45.8 Å². The monoisotopic (exact) mass is 447 g/mol. The summed E-state index contributed by atoms with van der Waals surface area (Å²) in [6.07, 6.45) is 11.1. The molecule has 7 rings (SSSR count). The number of aryl methyl sites for hydroxylation is 1. The van der Waals surface area contributed by atoms with E-state index < -0.39 is 0 Å². The zero-order valence-electron chi connectivity index (χ0n) is 18.2. The van der Waals surface area contributed by atoms with E-state index >= 15 is 0 Å². The smallest absolute Gasteiger partial charge is 0.181 e. The molecule has 7 nitrogen and oxygen atoms in total. The molecule has 2 N–H and O–H groups in total. The number of fused-ring (bicyclic) bond motifs is 4. The first-order valence-electron chi connectivity index (χ1n) is 11.3. The highest BCUT2D eigenvalue weighted by Crippen LogP contribution is 2.46. The number of nitrogens with one attached hydrogen (secondary N) is 2. The summed E-state index contributed by atoms with van der Waals surface area (Å²) in [6.45, 7) is 2.39. The van der Waals surface area contributed by atoms with Crippen molar-refractivity contribution in [3.63, 3.8) is 0 Å². The van der Waals surface area contributed by atoms with Gasteiger partial charge in [0.1, 0.15) is 11.5 Å². The fourth-order valence-corrected chi connectivity index (χ4v) is 5.81. The number of pyridine rings is 1. The molecular weight excluding hydrogens is 422 g/mol. The van der Waals surface area contributed by atoms with Gasteiger partial charge < -0.3 is 9.88 Å². The molecule has 32 heavy (non-hydrogen) atoms. The van der Waals surface area contributed by atoms with Gasteiger partial charge in [-0.25, -0.2) is 15.0 Å².